The van der Waals surface area contributed by atoms with Crippen LogP contribution in [0.2, 0.25) is 0 Å². The molecule has 0 atom stereocenters. The lowest BCUT2D eigenvalue weighted by Crippen LogP contribution is -2.07. The third-order valence-electron chi connectivity index (χ3n) is 4.05. The van der Waals surface area contributed by atoms with E-state index < -0.39 is 0 Å². The number of anilines is 1. The van der Waals surface area contributed by atoms with Crippen molar-refractivity contribution in [2.45, 2.75) is 13.3 Å². The Morgan fingerprint density at radius 3 is 2.84 bits per heavy atom. The lowest BCUT2D eigenvalue weighted by Gasteiger charge is -2.05. The summed E-state index contributed by atoms with van der Waals surface area (Å²) >= 11 is 1.69. The van der Waals surface area contributed by atoms with Gasteiger partial charge in [0, 0.05) is 31.0 Å². The first-order valence-electron chi connectivity index (χ1n) is 8.10. The molecule has 0 aliphatic heterocycles. The number of aryl methyl sites for hydroxylation is 2. The summed E-state index contributed by atoms with van der Waals surface area (Å²) in [7, 11) is 1.90. The molecule has 6 nitrogen and oxygen atoms in total. The third-order valence-corrected chi connectivity index (χ3v) is 4.96. The van der Waals surface area contributed by atoms with Crippen LogP contribution >= 0.6 is 11.3 Å². The minimum Gasteiger partial charge on any atom is -0.369 e. The van der Waals surface area contributed by atoms with E-state index in [9.17, 15) is 0 Å². The maximum Gasteiger partial charge on any atom is 0.163 e. The molecule has 0 amide bonds. The number of hydrogen-bond acceptors (Lipinski definition) is 6. The van der Waals surface area contributed by atoms with Crippen LogP contribution in [-0.4, -0.2) is 31.3 Å². The fraction of sp³-hybridized carbons (Fsp3) is 0.222. The largest absolute Gasteiger partial charge is 0.369 e. The van der Waals surface area contributed by atoms with Gasteiger partial charge in [0.2, 0.25) is 0 Å². The molecule has 7 heteroatoms. The van der Waals surface area contributed by atoms with Gasteiger partial charge >= 0.3 is 0 Å². The second kappa shape index (κ2) is 6.60. The number of hydrogen-bond donors (Lipinski definition) is 1. The molecule has 1 N–H and O–H groups in total. The second-order valence-electron chi connectivity index (χ2n) is 5.80. The van der Waals surface area contributed by atoms with Crippen molar-refractivity contribution >= 4 is 28.2 Å². The van der Waals surface area contributed by atoms with Crippen LogP contribution in [-0.2, 0) is 13.5 Å². The summed E-state index contributed by atoms with van der Waals surface area (Å²) in [6, 6.07) is 10.3. The number of rotatable bonds is 5. The number of fused-ring (bicyclic) bond motifs is 1. The van der Waals surface area contributed by atoms with E-state index in [-0.39, 0.29) is 0 Å². The molecule has 0 radical (unpaired) electrons. The topological polar surface area (TPSA) is 68.5 Å². The third kappa shape index (κ3) is 3.10. The molecule has 4 aromatic rings. The number of nitrogens with zero attached hydrogens (tertiary/aromatic N) is 5. The molecule has 0 spiro atoms. The predicted molar refractivity (Wildman–Crippen MR) is 101 cm³/mol. The Morgan fingerprint density at radius 2 is 2.00 bits per heavy atom. The number of aromatic nitrogens is 5. The molecular weight excluding hydrogens is 332 g/mol. The van der Waals surface area contributed by atoms with Crippen LogP contribution in [0.25, 0.3) is 22.3 Å². The highest BCUT2D eigenvalue weighted by Crippen LogP contribution is 2.23. The molecule has 4 rings (SSSR count). The maximum absolute atomic E-state index is 4.72. The van der Waals surface area contributed by atoms with E-state index in [0.717, 1.165) is 51.8 Å². The highest BCUT2D eigenvalue weighted by atomic mass is 32.1. The average molecular weight is 350 g/mol. The van der Waals surface area contributed by atoms with Gasteiger partial charge in [0.25, 0.3) is 0 Å². The highest BCUT2D eigenvalue weighted by molar-refractivity contribution is 7.09. The quantitative estimate of drug-likeness (QED) is 0.597. The van der Waals surface area contributed by atoms with Crippen LogP contribution in [0.3, 0.4) is 0 Å². The van der Waals surface area contributed by atoms with Crippen molar-refractivity contribution in [3.63, 3.8) is 0 Å². The molecule has 0 aliphatic rings. The molecule has 126 valence electrons. The van der Waals surface area contributed by atoms with E-state index >= 15 is 0 Å². The van der Waals surface area contributed by atoms with E-state index in [2.05, 4.69) is 37.9 Å². The molecule has 3 heterocycles. The van der Waals surface area contributed by atoms with Crippen molar-refractivity contribution in [3.05, 3.63) is 52.7 Å². The summed E-state index contributed by atoms with van der Waals surface area (Å²) in [6.07, 6.45) is 2.42. The van der Waals surface area contributed by atoms with Crippen molar-refractivity contribution in [1.82, 2.24) is 24.7 Å². The zero-order chi connectivity index (χ0) is 17.2. The van der Waals surface area contributed by atoms with Gasteiger partial charge in [-0.25, -0.2) is 15.0 Å². The van der Waals surface area contributed by atoms with E-state index in [0.29, 0.717) is 0 Å². The van der Waals surface area contributed by atoms with Crippen LogP contribution in [0.15, 0.2) is 42.0 Å². The van der Waals surface area contributed by atoms with E-state index in [4.69, 9.17) is 4.98 Å². The standard InChI is InChI=1S/C18H18N6S/c1-12-16-17(20-11-21-18(16)24(2)23-12)19-9-8-15-22-14(10-25-15)13-6-4-3-5-7-13/h3-7,10-11H,8-9H2,1-2H3,(H,19,20,21). The van der Waals surface area contributed by atoms with Crippen LogP contribution < -0.4 is 5.32 Å². The first-order chi connectivity index (χ1) is 12.2. The zero-order valence-corrected chi connectivity index (χ0v) is 14.9. The van der Waals surface area contributed by atoms with Crippen molar-refractivity contribution in [3.8, 4) is 11.3 Å². The molecule has 0 bridgehead atoms. The van der Waals surface area contributed by atoms with Crippen molar-refractivity contribution in [2.75, 3.05) is 11.9 Å². The molecule has 1 aromatic carbocycles. The lowest BCUT2D eigenvalue weighted by atomic mass is 10.2. The van der Waals surface area contributed by atoms with Gasteiger partial charge in [-0.3, -0.25) is 4.68 Å². The monoisotopic (exact) mass is 350 g/mol. The molecule has 0 saturated heterocycles. The average Bonchev–Trinajstić information content (AvgIpc) is 3.21. The Labute approximate surface area is 149 Å². The fourth-order valence-corrected chi connectivity index (χ4v) is 3.67. The van der Waals surface area contributed by atoms with E-state index in [1.165, 1.54) is 0 Å². The summed E-state index contributed by atoms with van der Waals surface area (Å²) in [6.45, 7) is 2.74. The van der Waals surface area contributed by atoms with Gasteiger partial charge in [0.05, 0.1) is 21.8 Å². The molecule has 0 fully saturated rings. The SMILES string of the molecule is Cc1nn(C)c2ncnc(NCCc3nc(-c4ccccc4)cs3)c12. The molecule has 0 aliphatic carbocycles. The predicted octanol–water partition coefficient (Wildman–Crippen LogP) is 3.45. The maximum atomic E-state index is 4.72. The van der Waals surface area contributed by atoms with Gasteiger partial charge in [0.15, 0.2) is 5.65 Å². The van der Waals surface area contributed by atoms with Crippen LogP contribution in [0.4, 0.5) is 5.82 Å². The Hall–Kier alpha value is -2.80. The Kier molecular flexibility index (Phi) is 4.15. The van der Waals surface area contributed by atoms with Crippen LogP contribution in [0.5, 0.6) is 0 Å². The highest BCUT2D eigenvalue weighted by Gasteiger charge is 2.12. The van der Waals surface area contributed by atoms with Crippen molar-refractivity contribution < 1.29 is 0 Å². The van der Waals surface area contributed by atoms with Gasteiger partial charge in [0.1, 0.15) is 12.1 Å². The summed E-state index contributed by atoms with van der Waals surface area (Å²) < 4.78 is 1.78. The smallest absolute Gasteiger partial charge is 0.163 e. The summed E-state index contributed by atoms with van der Waals surface area (Å²) in [5.74, 6) is 0.829. The second-order valence-corrected chi connectivity index (χ2v) is 6.74. The first-order valence-corrected chi connectivity index (χ1v) is 8.98. The Bertz CT molecular complexity index is 1010. The number of nitrogens with one attached hydrogen (secondary N) is 1. The fourth-order valence-electron chi connectivity index (χ4n) is 2.87. The number of benzene rings is 1. The number of thiazole rings is 1. The minimum atomic E-state index is 0.766. The molecule has 0 saturated carbocycles. The molecular formula is C18H18N6S. The van der Waals surface area contributed by atoms with Gasteiger partial charge in [-0.2, -0.15) is 5.10 Å². The summed E-state index contributed by atoms with van der Waals surface area (Å²) in [5, 5.41) is 12.0. The molecule has 25 heavy (non-hydrogen) atoms. The lowest BCUT2D eigenvalue weighted by molar-refractivity contribution is 0.773. The normalized spacial score (nSPS) is 11.1. The molecule has 0 unspecified atom stereocenters. The van der Waals surface area contributed by atoms with Gasteiger partial charge in [-0.1, -0.05) is 30.3 Å². The van der Waals surface area contributed by atoms with Crippen LogP contribution in [0.1, 0.15) is 10.7 Å². The Morgan fingerprint density at radius 1 is 1.16 bits per heavy atom. The van der Waals surface area contributed by atoms with Gasteiger partial charge < -0.3 is 5.32 Å². The zero-order valence-electron chi connectivity index (χ0n) is 14.1. The van der Waals surface area contributed by atoms with Crippen molar-refractivity contribution in [1.29, 1.82) is 0 Å². The molecule has 3 aromatic heterocycles. The Balaban J connectivity index is 1.46. The van der Waals surface area contributed by atoms with Gasteiger partial charge in [-0.05, 0) is 6.92 Å². The van der Waals surface area contributed by atoms with Gasteiger partial charge in [-0.15, -0.1) is 11.3 Å². The van der Waals surface area contributed by atoms with Crippen molar-refractivity contribution in [2.24, 2.45) is 7.05 Å². The van der Waals surface area contributed by atoms with Crippen LogP contribution in [0, 0.1) is 6.92 Å². The van der Waals surface area contributed by atoms with E-state index in [1.54, 1.807) is 22.3 Å². The summed E-state index contributed by atoms with van der Waals surface area (Å²) in [4.78, 5) is 13.4. The van der Waals surface area contributed by atoms with E-state index in [1.807, 2.05) is 32.2 Å². The summed E-state index contributed by atoms with van der Waals surface area (Å²) in [5.41, 5.74) is 3.96. The minimum absolute atomic E-state index is 0.766. The first kappa shape index (κ1) is 15.7.